The van der Waals surface area contributed by atoms with E-state index in [-0.39, 0.29) is 6.79 Å². The first kappa shape index (κ1) is 11.2. The highest BCUT2D eigenvalue weighted by atomic mass is 16.7. The van der Waals surface area contributed by atoms with Crippen LogP contribution in [0.4, 0.5) is 0 Å². The Labute approximate surface area is 85.1 Å². The Balaban J connectivity index is 1.88. The van der Waals surface area contributed by atoms with Crippen molar-refractivity contribution in [2.45, 2.75) is 32.1 Å². The monoisotopic (exact) mass is 198 g/mol. The third-order valence-electron chi connectivity index (χ3n) is 2.60. The van der Waals surface area contributed by atoms with Crippen LogP contribution in [-0.2, 0) is 14.3 Å². The Morgan fingerprint density at radius 2 is 2.14 bits per heavy atom. The highest BCUT2D eigenvalue weighted by molar-refractivity contribution is 5.81. The van der Waals surface area contributed by atoms with Crippen LogP contribution >= 0.6 is 0 Å². The van der Waals surface area contributed by atoms with Gasteiger partial charge in [0.05, 0.1) is 6.61 Å². The van der Waals surface area contributed by atoms with Crippen molar-refractivity contribution in [2.75, 3.05) is 13.4 Å². The van der Waals surface area contributed by atoms with Gasteiger partial charge in [-0.25, -0.2) is 4.79 Å². The van der Waals surface area contributed by atoms with E-state index in [0.717, 1.165) is 18.4 Å². The molecule has 0 atom stereocenters. The third-order valence-corrected chi connectivity index (χ3v) is 2.60. The first-order chi connectivity index (χ1) is 6.83. The number of hydrogen-bond donors (Lipinski definition) is 0. The highest BCUT2D eigenvalue weighted by Gasteiger charge is 2.14. The molecule has 0 aromatic heterocycles. The SMILES string of the molecule is C=CC(=O)OCOCCC1CCCC1. The van der Waals surface area contributed by atoms with Crippen molar-refractivity contribution in [1.29, 1.82) is 0 Å². The lowest BCUT2D eigenvalue weighted by Gasteiger charge is -2.08. The molecule has 0 N–H and O–H groups in total. The highest BCUT2D eigenvalue weighted by Crippen LogP contribution is 2.27. The molecule has 1 fully saturated rings. The van der Waals surface area contributed by atoms with E-state index in [4.69, 9.17) is 4.74 Å². The summed E-state index contributed by atoms with van der Waals surface area (Å²) in [6.07, 6.45) is 7.60. The van der Waals surface area contributed by atoms with Gasteiger partial charge in [-0.1, -0.05) is 32.3 Å². The molecule has 0 aromatic rings. The van der Waals surface area contributed by atoms with Gasteiger partial charge in [0.15, 0.2) is 6.79 Å². The summed E-state index contributed by atoms with van der Waals surface area (Å²) < 4.78 is 9.85. The number of rotatable bonds is 6. The Morgan fingerprint density at radius 1 is 1.43 bits per heavy atom. The van der Waals surface area contributed by atoms with E-state index < -0.39 is 5.97 Å². The maximum Gasteiger partial charge on any atom is 0.332 e. The Hall–Kier alpha value is -0.830. The molecule has 0 saturated heterocycles. The average Bonchev–Trinajstić information content (AvgIpc) is 2.69. The van der Waals surface area contributed by atoms with Crippen molar-refractivity contribution in [2.24, 2.45) is 5.92 Å². The fraction of sp³-hybridized carbons (Fsp3) is 0.727. The van der Waals surface area contributed by atoms with E-state index in [2.05, 4.69) is 11.3 Å². The van der Waals surface area contributed by atoms with Crippen LogP contribution in [0.2, 0.25) is 0 Å². The van der Waals surface area contributed by atoms with Gasteiger partial charge in [0, 0.05) is 6.08 Å². The predicted octanol–water partition coefficient (Wildman–Crippen LogP) is 2.27. The zero-order chi connectivity index (χ0) is 10.2. The van der Waals surface area contributed by atoms with Gasteiger partial charge < -0.3 is 9.47 Å². The van der Waals surface area contributed by atoms with Crippen LogP contribution in [0.1, 0.15) is 32.1 Å². The van der Waals surface area contributed by atoms with E-state index in [1.54, 1.807) is 0 Å². The summed E-state index contributed by atoms with van der Waals surface area (Å²) in [4.78, 5) is 10.6. The molecule has 0 aliphatic heterocycles. The predicted molar refractivity (Wildman–Crippen MR) is 53.7 cm³/mol. The smallest absolute Gasteiger partial charge is 0.332 e. The van der Waals surface area contributed by atoms with Crippen molar-refractivity contribution in [3.05, 3.63) is 12.7 Å². The molecule has 0 unspecified atom stereocenters. The largest absolute Gasteiger partial charge is 0.435 e. The second kappa shape index (κ2) is 6.60. The number of carbonyl (C=O) groups excluding carboxylic acids is 1. The van der Waals surface area contributed by atoms with Crippen LogP contribution < -0.4 is 0 Å². The van der Waals surface area contributed by atoms with Crippen LogP contribution in [0.15, 0.2) is 12.7 Å². The minimum atomic E-state index is -0.425. The van der Waals surface area contributed by atoms with Gasteiger partial charge in [0.25, 0.3) is 0 Å². The van der Waals surface area contributed by atoms with Crippen LogP contribution in [-0.4, -0.2) is 19.4 Å². The molecule has 0 radical (unpaired) electrons. The average molecular weight is 198 g/mol. The van der Waals surface area contributed by atoms with Crippen LogP contribution in [0.25, 0.3) is 0 Å². The van der Waals surface area contributed by atoms with Gasteiger partial charge >= 0.3 is 5.97 Å². The van der Waals surface area contributed by atoms with Gasteiger partial charge in [-0.05, 0) is 12.3 Å². The second-order valence-corrected chi connectivity index (χ2v) is 3.63. The summed E-state index contributed by atoms with van der Waals surface area (Å²) in [7, 11) is 0. The molecule has 0 amide bonds. The summed E-state index contributed by atoms with van der Waals surface area (Å²) >= 11 is 0. The summed E-state index contributed by atoms with van der Waals surface area (Å²) in [5.74, 6) is 0.399. The molecule has 1 aliphatic rings. The Bertz CT molecular complexity index is 183. The van der Waals surface area contributed by atoms with Gasteiger partial charge in [0.2, 0.25) is 0 Å². The van der Waals surface area contributed by atoms with E-state index in [9.17, 15) is 4.79 Å². The molecule has 0 aromatic carbocycles. The van der Waals surface area contributed by atoms with Crippen molar-refractivity contribution < 1.29 is 14.3 Å². The topological polar surface area (TPSA) is 35.5 Å². The van der Waals surface area contributed by atoms with E-state index in [1.165, 1.54) is 25.7 Å². The van der Waals surface area contributed by atoms with Gasteiger partial charge in [0.1, 0.15) is 0 Å². The molecule has 14 heavy (non-hydrogen) atoms. The van der Waals surface area contributed by atoms with Gasteiger partial charge in [-0.2, -0.15) is 0 Å². The lowest BCUT2D eigenvalue weighted by atomic mass is 10.1. The van der Waals surface area contributed by atoms with E-state index >= 15 is 0 Å². The Morgan fingerprint density at radius 3 is 2.79 bits per heavy atom. The summed E-state index contributed by atoms with van der Waals surface area (Å²) in [5, 5.41) is 0. The molecule has 1 aliphatic carbocycles. The lowest BCUT2D eigenvalue weighted by molar-refractivity contribution is -0.150. The first-order valence-corrected chi connectivity index (χ1v) is 5.20. The quantitative estimate of drug-likeness (QED) is 0.284. The molecule has 1 saturated carbocycles. The van der Waals surface area contributed by atoms with Crippen molar-refractivity contribution in [3.8, 4) is 0 Å². The zero-order valence-corrected chi connectivity index (χ0v) is 8.54. The molecule has 1 rings (SSSR count). The molecule has 3 heteroatoms. The fourth-order valence-electron chi connectivity index (χ4n) is 1.77. The Kier molecular flexibility index (Phi) is 5.30. The number of esters is 1. The lowest BCUT2D eigenvalue weighted by Crippen LogP contribution is -2.08. The molecule has 0 spiro atoms. The molecule has 80 valence electrons. The zero-order valence-electron chi connectivity index (χ0n) is 8.54. The fourth-order valence-corrected chi connectivity index (χ4v) is 1.77. The molecular formula is C11H18O3. The minimum absolute atomic E-state index is 0.0531. The van der Waals surface area contributed by atoms with Crippen LogP contribution in [0.3, 0.4) is 0 Å². The second-order valence-electron chi connectivity index (χ2n) is 3.63. The van der Waals surface area contributed by atoms with E-state index in [1.807, 2.05) is 0 Å². The standard InChI is InChI=1S/C11H18O3/c1-2-11(12)14-9-13-8-7-10-5-3-4-6-10/h2,10H,1,3-9H2. The molecular weight excluding hydrogens is 180 g/mol. The number of ether oxygens (including phenoxy) is 2. The summed E-state index contributed by atoms with van der Waals surface area (Å²) in [6, 6.07) is 0. The minimum Gasteiger partial charge on any atom is -0.435 e. The molecule has 3 nitrogen and oxygen atoms in total. The first-order valence-electron chi connectivity index (χ1n) is 5.20. The molecule has 0 heterocycles. The normalized spacial score (nSPS) is 16.9. The van der Waals surface area contributed by atoms with E-state index in [0.29, 0.717) is 6.61 Å². The van der Waals surface area contributed by atoms with Gasteiger partial charge in [-0.3, -0.25) is 0 Å². The maximum atomic E-state index is 10.6. The van der Waals surface area contributed by atoms with Gasteiger partial charge in [-0.15, -0.1) is 0 Å². The number of carbonyl (C=O) groups is 1. The summed E-state index contributed by atoms with van der Waals surface area (Å²) in [5.41, 5.74) is 0. The third kappa shape index (κ3) is 4.42. The van der Waals surface area contributed by atoms with Crippen LogP contribution in [0, 0.1) is 5.92 Å². The number of hydrogen-bond acceptors (Lipinski definition) is 3. The summed E-state index contributed by atoms with van der Waals surface area (Å²) in [6.45, 7) is 4.04. The molecule has 0 bridgehead atoms. The van der Waals surface area contributed by atoms with Crippen molar-refractivity contribution in [1.82, 2.24) is 0 Å². The van der Waals surface area contributed by atoms with Crippen molar-refractivity contribution in [3.63, 3.8) is 0 Å². The maximum absolute atomic E-state index is 10.6. The van der Waals surface area contributed by atoms with Crippen LogP contribution in [0.5, 0.6) is 0 Å². The van der Waals surface area contributed by atoms with Crippen molar-refractivity contribution >= 4 is 5.97 Å².